The molecule has 0 atom stereocenters. The Morgan fingerprint density at radius 3 is 2.40 bits per heavy atom. The molecule has 15 heavy (non-hydrogen) atoms. The van der Waals surface area contributed by atoms with Gasteiger partial charge < -0.3 is 4.74 Å². The molecule has 0 aromatic carbocycles. The van der Waals surface area contributed by atoms with Gasteiger partial charge in [-0.25, -0.2) is 0 Å². The second-order valence-corrected chi connectivity index (χ2v) is 3.34. The van der Waals surface area contributed by atoms with Gasteiger partial charge in [0.15, 0.2) is 0 Å². The highest BCUT2D eigenvalue weighted by atomic mass is 16.5. The van der Waals surface area contributed by atoms with Gasteiger partial charge in [0.05, 0.1) is 5.76 Å². The molecule has 0 heterocycles. The minimum absolute atomic E-state index is 0.580. The van der Waals surface area contributed by atoms with Crippen LogP contribution in [0.5, 0.6) is 0 Å². The standard InChI is InChI=1S/C14H20O/c1-6-8-13(5)15-11-14(7-2)10-9-12(3)4/h6-10H,1,3,11H2,2,4-5H3/b10-9-,13-8+,14-7+. The van der Waals surface area contributed by atoms with E-state index in [9.17, 15) is 0 Å². The Bertz CT molecular complexity index is 303. The van der Waals surface area contributed by atoms with Crippen LogP contribution in [0.1, 0.15) is 20.8 Å². The molecule has 82 valence electrons. The molecule has 0 N–H and O–H groups in total. The van der Waals surface area contributed by atoms with Crippen molar-refractivity contribution in [1.82, 2.24) is 0 Å². The highest BCUT2D eigenvalue weighted by molar-refractivity contribution is 5.25. The van der Waals surface area contributed by atoms with Gasteiger partial charge in [-0.1, -0.05) is 43.0 Å². The fourth-order valence-corrected chi connectivity index (χ4v) is 0.888. The molecule has 0 saturated heterocycles. The molecule has 0 aromatic rings. The second-order valence-electron chi connectivity index (χ2n) is 3.34. The molecule has 0 rings (SSSR count). The first-order chi connectivity index (χ1) is 7.10. The van der Waals surface area contributed by atoms with E-state index in [1.807, 2.05) is 45.1 Å². The van der Waals surface area contributed by atoms with Gasteiger partial charge in [-0.15, -0.1) is 0 Å². The van der Waals surface area contributed by atoms with E-state index in [1.165, 1.54) is 0 Å². The summed E-state index contributed by atoms with van der Waals surface area (Å²) in [6.07, 6.45) is 9.58. The number of hydrogen-bond donors (Lipinski definition) is 0. The predicted octanol–water partition coefficient (Wildman–Crippen LogP) is 4.17. The summed E-state index contributed by atoms with van der Waals surface area (Å²) in [6, 6.07) is 0. The van der Waals surface area contributed by atoms with Gasteiger partial charge >= 0.3 is 0 Å². The van der Waals surface area contributed by atoms with E-state index in [1.54, 1.807) is 6.08 Å². The molecule has 0 aliphatic heterocycles. The first-order valence-corrected chi connectivity index (χ1v) is 5.01. The van der Waals surface area contributed by atoms with Gasteiger partial charge in [0.25, 0.3) is 0 Å². The quantitative estimate of drug-likeness (QED) is 0.466. The van der Waals surface area contributed by atoms with Gasteiger partial charge in [0, 0.05) is 0 Å². The van der Waals surface area contributed by atoms with Crippen LogP contribution in [0.25, 0.3) is 0 Å². The van der Waals surface area contributed by atoms with Crippen molar-refractivity contribution in [3.05, 3.63) is 60.4 Å². The normalized spacial score (nSPS) is 13.0. The maximum Gasteiger partial charge on any atom is 0.112 e. The molecule has 0 aliphatic rings. The van der Waals surface area contributed by atoms with E-state index in [2.05, 4.69) is 13.2 Å². The van der Waals surface area contributed by atoms with Crippen molar-refractivity contribution >= 4 is 0 Å². The lowest BCUT2D eigenvalue weighted by molar-refractivity contribution is 0.244. The molecule has 1 heteroatoms. The lowest BCUT2D eigenvalue weighted by Crippen LogP contribution is -1.94. The number of allylic oxidation sites excluding steroid dienone is 6. The third-order valence-corrected chi connectivity index (χ3v) is 1.77. The molecule has 0 unspecified atom stereocenters. The smallest absolute Gasteiger partial charge is 0.112 e. The van der Waals surface area contributed by atoms with Crippen molar-refractivity contribution in [2.45, 2.75) is 20.8 Å². The maximum absolute atomic E-state index is 5.51. The van der Waals surface area contributed by atoms with Gasteiger partial charge in [-0.3, -0.25) is 0 Å². The van der Waals surface area contributed by atoms with E-state index >= 15 is 0 Å². The highest BCUT2D eigenvalue weighted by Crippen LogP contribution is 2.04. The van der Waals surface area contributed by atoms with Crippen LogP contribution in [0, 0.1) is 0 Å². The lowest BCUT2D eigenvalue weighted by atomic mass is 10.2. The molecule has 0 spiro atoms. The van der Waals surface area contributed by atoms with Crippen LogP contribution < -0.4 is 0 Å². The number of rotatable bonds is 6. The first kappa shape index (κ1) is 13.5. The summed E-state index contributed by atoms with van der Waals surface area (Å²) in [5.74, 6) is 0.869. The van der Waals surface area contributed by atoms with Crippen LogP contribution in [0.2, 0.25) is 0 Å². The Balaban J connectivity index is 4.19. The summed E-state index contributed by atoms with van der Waals surface area (Å²) in [5.41, 5.74) is 2.17. The van der Waals surface area contributed by atoms with Crippen molar-refractivity contribution in [2.75, 3.05) is 6.61 Å². The third kappa shape index (κ3) is 7.56. The average molecular weight is 204 g/mol. The molecule has 0 bridgehead atoms. The van der Waals surface area contributed by atoms with Crippen LogP contribution in [-0.4, -0.2) is 6.61 Å². The van der Waals surface area contributed by atoms with E-state index in [4.69, 9.17) is 4.74 Å². The predicted molar refractivity (Wildman–Crippen MR) is 67.6 cm³/mol. The summed E-state index contributed by atoms with van der Waals surface area (Å²) in [4.78, 5) is 0. The minimum Gasteiger partial charge on any atom is -0.494 e. The highest BCUT2D eigenvalue weighted by Gasteiger charge is 1.92. The van der Waals surface area contributed by atoms with Crippen molar-refractivity contribution in [1.29, 1.82) is 0 Å². The Labute approximate surface area is 93.1 Å². The van der Waals surface area contributed by atoms with E-state index < -0.39 is 0 Å². The van der Waals surface area contributed by atoms with E-state index in [-0.39, 0.29) is 0 Å². The molecule has 0 aromatic heterocycles. The molecular formula is C14H20O. The van der Waals surface area contributed by atoms with E-state index in [0.29, 0.717) is 6.61 Å². The summed E-state index contributed by atoms with van der Waals surface area (Å²) in [6.45, 7) is 13.9. The Morgan fingerprint density at radius 1 is 1.27 bits per heavy atom. The molecule has 0 amide bonds. The lowest BCUT2D eigenvalue weighted by Gasteiger charge is -2.06. The first-order valence-electron chi connectivity index (χ1n) is 5.01. The zero-order valence-corrected chi connectivity index (χ0v) is 9.92. The van der Waals surface area contributed by atoms with Crippen molar-refractivity contribution in [2.24, 2.45) is 0 Å². The fraction of sp³-hybridized carbons (Fsp3) is 0.286. The van der Waals surface area contributed by atoms with Gasteiger partial charge in [-0.2, -0.15) is 0 Å². The molecular weight excluding hydrogens is 184 g/mol. The molecule has 0 aliphatic carbocycles. The topological polar surface area (TPSA) is 9.23 Å². The second kappa shape index (κ2) is 7.86. The number of ether oxygens (including phenoxy) is 1. The summed E-state index contributed by atoms with van der Waals surface area (Å²) in [7, 11) is 0. The van der Waals surface area contributed by atoms with Crippen LogP contribution in [-0.2, 0) is 4.74 Å². The van der Waals surface area contributed by atoms with Crippen LogP contribution in [0.3, 0.4) is 0 Å². The Hall–Kier alpha value is -1.50. The van der Waals surface area contributed by atoms with Crippen LogP contribution in [0.15, 0.2) is 60.4 Å². The molecule has 1 nitrogen and oxygen atoms in total. The van der Waals surface area contributed by atoms with Gasteiger partial charge in [0.1, 0.15) is 6.61 Å². The SMILES string of the molecule is C=C/C=C(\C)OCC(/C=C\C(=C)C)=C/C. The van der Waals surface area contributed by atoms with Gasteiger partial charge in [-0.05, 0) is 32.4 Å². The summed E-state index contributed by atoms with van der Waals surface area (Å²) in [5, 5.41) is 0. The summed E-state index contributed by atoms with van der Waals surface area (Å²) >= 11 is 0. The van der Waals surface area contributed by atoms with Crippen molar-refractivity contribution in [3.63, 3.8) is 0 Å². The van der Waals surface area contributed by atoms with Crippen molar-refractivity contribution < 1.29 is 4.74 Å². The van der Waals surface area contributed by atoms with Crippen molar-refractivity contribution in [3.8, 4) is 0 Å². The van der Waals surface area contributed by atoms with E-state index in [0.717, 1.165) is 16.9 Å². The molecule has 0 fully saturated rings. The third-order valence-electron chi connectivity index (χ3n) is 1.77. The van der Waals surface area contributed by atoms with Crippen LogP contribution >= 0.6 is 0 Å². The fourth-order valence-electron chi connectivity index (χ4n) is 0.888. The molecule has 0 radical (unpaired) electrons. The largest absolute Gasteiger partial charge is 0.494 e. The average Bonchev–Trinajstić information content (AvgIpc) is 2.18. The van der Waals surface area contributed by atoms with Gasteiger partial charge in [0.2, 0.25) is 0 Å². The number of hydrogen-bond acceptors (Lipinski definition) is 1. The molecule has 0 saturated carbocycles. The van der Waals surface area contributed by atoms with Crippen LogP contribution in [0.4, 0.5) is 0 Å². The maximum atomic E-state index is 5.51. The summed E-state index contributed by atoms with van der Waals surface area (Å²) < 4.78 is 5.51. The minimum atomic E-state index is 0.580. The zero-order chi connectivity index (χ0) is 11.7. The monoisotopic (exact) mass is 204 g/mol. The Morgan fingerprint density at radius 2 is 1.93 bits per heavy atom. The Kier molecular flexibility index (Phi) is 7.08. The zero-order valence-electron chi connectivity index (χ0n) is 9.92.